The van der Waals surface area contributed by atoms with Gasteiger partial charge in [0, 0.05) is 23.2 Å². The molecule has 0 heterocycles. The van der Waals surface area contributed by atoms with Crippen molar-refractivity contribution in [2.75, 3.05) is 0 Å². The summed E-state index contributed by atoms with van der Waals surface area (Å²) in [6.45, 7) is 0. The highest BCUT2D eigenvalue weighted by Crippen LogP contribution is 2.37. The Morgan fingerprint density at radius 1 is 0.846 bits per heavy atom. The van der Waals surface area contributed by atoms with Crippen molar-refractivity contribution in [2.45, 2.75) is 5.33 Å². The van der Waals surface area contributed by atoms with Gasteiger partial charge in [-0.05, 0) is 37.4 Å². The third-order valence-corrected chi connectivity index (χ3v) is 7.07. The minimum absolute atomic E-state index is 0.820. The lowest BCUT2D eigenvalue weighted by atomic mass is 9.95. The molecule has 0 aliphatic heterocycles. The molecule has 0 aromatic heterocycles. The van der Waals surface area contributed by atoms with Gasteiger partial charge in [-0.3, -0.25) is 0 Å². The van der Waals surface area contributed by atoms with Gasteiger partial charge in [0.05, 0.1) is 0 Å². The Balaban J connectivity index is 3.56. The maximum atomic E-state index is 3.57. The summed E-state index contributed by atoms with van der Waals surface area (Å²) < 4.78 is 4.35. The zero-order valence-electron chi connectivity index (χ0n) is 6.60. The highest BCUT2D eigenvalue weighted by Gasteiger charge is 2.14. The van der Waals surface area contributed by atoms with Gasteiger partial charge < -0.3 is 0 Å². The number of halogens is 5. The lowest BCUT2D eigenvalue weighted by molar-refractivity contribution is 1.35. The van der Waals surface area contributed by atoms with Crippen molar-refractivity contribution in [2.24, 2.45) is 0 Å². The van der Waals surface area contributed by atoms with Gasteiger partial charge >= 0.3 is 0 Å². The lowest BCUT2D eigenvalue weighted by Gasteiger charge is -2.12. The normalized spacial score (nSPS) is 10.5. The van der Waals surface area contributed by atoms with E-state index < -0.39 is 0 Å². The Labute approximate surface area is 120 Å². The van der Waals surface area contributed by atoms with Crippen LogP contribution in [-0.4, -0.2) is 7.85 Å². The third kappa shape index (κ3) is 2.44. The van der Waals surface area contributed by atoms with E-state index in [4.69, 9.17) is 0 Å². The summed E-state index contributed by atoms with van der Waals surface area (Å²) in [5.41, 5.74) is 2.41. The molecular formula is C7H4BBr5. The maximum absolute atomic E-state index is 3.57. The Kier molecular flexibility index (Phi) is 5.05. The first-order chi connectivity index (χ1) is 6.00. The molecule has 0 saturated heterocycles. The van der Waals surface area contributed by atoms with Gasteiger partial charge in [-0.25, -0.2) is 0 Å². The Bertz CT molecular complexity index is 320. The first-order valence-electron chi connectivity index (χ1n) is 3.38. The quantitative estimate of drug-likeness (QED) is 0.239. The van der Waals surface area contributed by atoms with Crippen molar-refractivity contribution in [3.63, 3.8) is 0 Å². The molecular weight excluding hydrogens is 494 g/mol. The molecule has 0 unspecified atom stereocenters. The first-order valence-corrected chi connectivity index (χ1v) is 7.67. The SMILES string of the molecule is Bc1c(Br)c(Br)c(Br)c(CBr)c1Br. The van der Waals surface area contributed by atoms with Gasteiger partial charge in [-0.2, -0.15) is 0 Å². The van der Waals surface area contributed by atoms with Crippen molar-refractivity contribution < 1.29 is 0 Å². The number of hydrogen-bond donors (Lipinski definition) is 0. The fraction of sp³-hybridized carbons (Fsp3) is 0.143. The molecule has 0 spiro atoms. The van der Waals surface area contributed by atoms with Crippen LogP contribution in [0.2, 0.25) is 0 Å². The number of rotatable bonds is 1. The molecule has 6 heteroatoms. The Morgan fingerprint density at radius 3 is 1.85 bits per heavy atom. The van der Waals surface area contributed by atoms with E-state index in [1.807, 2.05) is 0 Å². The second-order valence-corrected chi connectivity index (χ2v) is 6.23. The predicted molar refractivity (Wildman–Crippen MR) is 78.1 cm³/mol. The van der Waals surface area contributed by atoms with Crippen LogP contribution in [0, 0.1) is 0 Å². The summed E-state index contributed by atoms with van der Waals surface area (Å²) in [5, 5.41) is 0.820. The summed E-state index contributed by atoms with van der Waals surface area (Å²) >= 11 is 17.6. The Morgan fingerprint density at radius 2 is 1.38 bits per heavy atom. The van der Waals surface area contributed by atoms with Crippen molar-refractivity contribution in [1.82, 2.24) is 0 Å². The van der Waals surface area contributed by atoms with Crippen molar-refractivity contribution in [1.29, 1.82) is 0 Å². The first kappa shape index (κ1) is 12.8. The molecule has 1 aromatic rings. The van der Waals surface area contributed by atoms with Crippen LogP contribution >= 0.6 is 79.6 Å². The molecule has 13 heavy (non-hydrogen) atoms. The molecule has 0 fully saturated rings. The summed E-state index contributed by atoms with van der Waals surface area (Å²) in [6.07, 6.45) is 0. The molecule has 0 amide bonds. The minimum Gasteiger partial charge on any atom is -0.0875 e. The van der Waals surface area contributed by atoms with Gasteiger partial charge in [-0.1, -0.05) is 53.3 Å². The van der Waals surface area contributed by atoms with E-state index in [9.17, 15) is 0 Å². The van der Waals surface area contributed by atoms with Crippen LogP contribution in [0.3, 0.4) is 0 Å². The number of benzene rings is 1. The highest BCUT2D eigenvalue weighted by atomic mass is 79.9. The summed E-state index contributed by atoms with van der Waals surface area (Å²) in [5.74, 6) is 0. The van der Waals surface area contributed by atoms with Crippen LogP contribution in [0.5, 0.6) is 0 Å². The summed E-state index contributed by atoms with van der Waals surface area (Å²) in [7, 11) is 2.07. The highest BCUT2D eigenvalue weighted by molar-refractivity contribution is 9.14. The predicted octanol–water partition coefficient (Wildman–Crippen LogP) is 3.89. The standard InChI is InChI=1S/C7H4BBr5/c8-3-4(10)2(1-9)5(11)7(13)6(3)12/h1,8H2. The second-order valence-electron chi connectivity index (χ2n) is 2.49. The van der Waals surface area contributed by atoms with E-state index in [0.717, 1.165) is 23.2 Å². The molecule has 0 N–H and O–H groups in total. The van der Waals surface area contributed by atoms with E-state index in [-0.39, 0.29) is 0 Å². The molecule has 0 nitrogen and oxygen atoms in total. The second kappa shape index (κ2) is 5.15. The summed E-state index contributed by atoms with van der Waals surface area (Å²) in [6, 6.07) is 0. The van der Waals surface area contributed by atoms with Gasteiger partial charge in [0.1, 0.15) is 7.85 Å². The smallest absolute Gasteiger partial charge is 0.0875 e. The van der Waals surface area contributed by atoms with E-state index in [1.165, 1.54) is 11.0 Å². The largest absolute Gasteiger partial charge is 0.142 e. The fourth-order valence-electron chi connectivity index (χ4n) is 0.930. The van der Waals surface area contributed by atoms with Crippen molar-refractivity contribution in [3.8, 4) is 0 Å². The van der Waals surface area contributed by atoms with E-state index in [0.29, 0.717) is 0 Å². The van der Waals surface area contributed by atoms with Gasteiger partial charge in [0.25, 0.3) is 0 Å². The van der Waals surface area contributed by atoms with Gasteiger partial charge in [-0.15, -0.1) is 0 Å². The molecule has 0 atom stereocenters. The molecule has 0 saturated carbocycles. The number of alkyl halides is 1. The topological polar surface area (TPSA) is 0 Å². The van der Waals surface area contributed by atoms with Crippen molar-refractivity contribution >= 4 is 93.0 Å². The fourth-order valence-corrected chi connectivity index (χ4v) is 5.05. The van der Waals surface area contributed by atoms with Crippen LogP contribution in [0.4, 0.5) is 0 Å². The van der Waals surface area contributed by atoms with E-state index >= 15 is 0 Å². The van der Waals surface area contributed by atoms with E-state index in [1.54, 1.807) is 0 Å². The monoisotopic (exact) mass is 494 g/mol. The van der Waals surface area contributed by atoms with Gasteiger partial charge in [0.2, 0.25) is 0 Å². The zero-order chi connectivity index (χ0) is 10.2. The van der Waals surface area contributed by atoms with Crippen LogP contribution in [0.15, 0.2) is 17.9 Å². The molecule has 0 aliphatic carbocycles. The zero-order valence-corrected chi connectivity index (χ0v) is 14.5. The molecule has 0 radical (unpaired) electrons. The molecule has 0 bridgehead atoms. The maximum Gasteiger partial charge on any atom is 0.142 e. The molecule has 1 aromatic carbocycles. The van der Waals surface area contributed by atoms with Crippen LogP contribution in [0.25, 0.3) is 0 Å². The minimum atomic E-state index is 0.820. The van der Waals surface area contributed by atoms with Crippen LogP contribution < -0.4 is 5.46 Å². The third-order valence-electron chi connectivity index (χ3n) is 1.71. The number of hydrogen-bond acceptors (Lipinski definition) is 0. The van der Waals surface area contributed by atoms with E-state index in [2.05, 4.69) is 87.5 Å². The van der Waals surface area contributed by atoms with Crippen LogP contribution in [0.1, 0.15) is 5.56 Å². The molecule has 70 valence electrons. The molecule has 1 rings (SSSR count). The summed E-state index contributed by atoms with van der Waals surface area (Å²) in [4.78, 5) is 0. The van der Waals surface area contributed by atoms with Crippen LogP contribution in [-0.2, 0) is 5.33 Å². The Hall–Kier alpha value is 1.68. The van der Waals surface area contributed by atoms with Crippen molar-refractivity contribution in [3.05, 3.63) is 23.5 Å². The average Bonchev–Trinajstić information content (AvgIpc) is 2.13. The lowest BCUT2D eigenvalue weighted by Crippen LogP contribution is -2.10. The van der Waals surface area contributed by atoms with Gasteiger partial charge in [0.15, 0.2) is 0 Å². The molecule has 0 aliphatic rings. The average molecular weight is 498 g/mol.